The Morgan fingerprint density at radius 1 is 1.50 bits per heavy atom. The molecule has 0 aromatic heterocycles. The van der Waals surface area contributed by atoms with Crippen LogP contribution in [0, 0.1) is 0 Å². The monoisotopic (exact) mass is 196 g/mol. The van der Waals surface area contributed by atoms with E-state index in [4.69, 9.17) is 0 Å². The third kappa shape index (κ3) is 9.49. The molecule has 4 heteroatoms. The van der Waals surface area contributed by atoms with Gasteiger partial charge in [0.05, 0.1) is 0 Å². The van der Waals surface area contributed by atoms with E-state index in [1.165, 1.54) is 0 Å². The average Bonchev–Trinajstić information content (AvgIpc) is 0.811. The molecule has 0 aliphatic carbocycles. The summed E-state index contributed by atoms with van der Waals surface area (Å²) in [4.78, 5) is 0. The molecule has 0 saturated heterocycles. The molecule has 0 aliphatic rings. The Kier molecular flexibility index (Phi) is 3.96. The summed E-state index contributed by atoms with van der Waals surface area (Å²) >= 11 is -1.38. The van der Waals surface area contributed by atoms with Gasteiger partial charge in [0.15, 0.2) is 0 Å². The summed E-state index contributed by atoms with van der Waals surface area (Å²) in [6, 6.07) is 0. The molecule has 0 heterocycles. The Morgan fingerprint density at radius 3 is 1.50 bits per heavy atom. The summed E-state index contributed by atoms with van der Waals surface area (Å²) in [5.74, 6) is 0. The van der Waals surface area contributed by atoms with Gasteiger partial charge in [-0.25, -0.2) is 0 Å². The van der Waals surface area contributed by atoms with Crippen molar-refractivity contribution in [2.75, 3.05) is 0 Å². The average molecular weight is 194 g/mol. The quantitative estimate of drug-likeness (QED) is 0.434. The predicted molar refractivity (Wildman–Crippen MR) is 25.6 cm³/mol. The van der Waals surface area contributed by atoms with Crippen molar-refractivity contribution in [3.05, 3.63) is 0 Å². The molecule has 26 valence electrons. The fourth-order valence-electron chi connectivity index (χ4n) is 0. The standard InChI is InChI=1S/Mo.2H2S.S/h;2*1H2;/q+2;;;/p-2. The fraction of sp³-hybridized carbons (Fsp3) is 0. The van der Waals surface area contributed by atoms with Gasteiger partial charge in [0.25, 0.3) is 0 Å². The van der Waals surface area contributed by atoms with Crippen molar-refractivity contribution >= 4 is 30.5 Å². The minimum absolute atomic E-state index is 1.38. The molecule has 0 nitrogen and oxygen atoms in total. The zero-order chi connectivity index (χ0) is 3.58. The number of hydrogen-bond acceptors (Lipinski definition) is 1. The van der Waals surface area contributed by atoms with Crippen LogP contribution in [0.2, 0.25) is 0 Å². The van der Waals surface area contributed by atoms with E-state index in [0.29, 0.717) is 0 Å². The maximum atomic E-state index is 4.52. The number of rotatable bonds is 0. The first-order chi connectivity index (χ1) is 1.73. The molecule has 0 aromatic rings. The van der Waals surface area contributed by atoms with Gasteiger partial charge in [-0.3, -0.25) is 0 Å². The van der Waals surface area contributed by atoms with Gasteiger partial charge in [-0.15, -0.1) is 0 Å². The van der Waals surface area contributed by atoms with Crippen molar-refractivity contribution < 1.29 is 12.9 Å². The minimum atomic E-state index is -1.38. The molecule has 0 rings (SSSR count). The molecule has 0 bridgehead atoms. The van der Waals surface area contributed by atoms with Gasteiger partial charge in [0, 0.05) is 0 Å². The van der Waals surface area contributed by atoms with Crippen molar-refractivity contribution in [1.82, 2.24) is 0 Å². The molecular formula is H2MoS3. The summed E-state index contributed by atoms with van der Waals surface area (Å²) < 4.78 is 0. The van der Waals surface area contributed by atoms with Gasteiger partial charge >= 0.3 is 43.4 Å². The van der Waals surface area contributed by atoms with E-state index < -0.39 is 12.9 Å². The second kappa shape index (κ2) is 2.83. The van der Waals surface area contributed by atoms with E-state index in [-0.39, 0.29) is 0 Å². The van der Waals surface area contributed by atoms with Crippen LogP contribution in [0.25, 0.3) is 0 Å². The van der Waals surface area contributed by atoms with Gasteiger partial charge in [0.2, 0.25) is 0 Å². The van der Waals surface area contributed by atoms with Crippen LogP contribution in [0.3, 0.4) is 0 Å². The summed E-state index contributed by atoms with van der Waals surface area (Å²) in [6.07, 6.45) is 0. The Morgan fingerprint density at radius 2 is 1.50 bits per heavy atom. The maximum absolute atomic E-state index is 4.52. The Balaban J connectivity index is 2.80. The van der Waals surface area contributed by atoms with E-state index in [0.717, 1.165) is 0 Å². The van der Waals surface area contributed by atoms with Crippen LogP contribution in [0.5, 0.6) is 0 Å². The molecule has 0 N–H and O–H groups in total. The third-order valence-electron chi connectivity index (χ3n) is 0. The van der Waals surface area contributed by atoms with E-state index in [1.54, 1.807) is 0 Å². The van der Waals surface area contributed by atoms with Crippen LogP contribution in [0.1, 0.15) is 0 Å². The predicted octanol–water partition coefficient (Wildman–Crippen LogP) is 1.41. The summed E-state index contributed by atoms with van der Waals surface area (Å²) in [7, 11) is 12.1. The molecular weight excluding hydrogens is 192 g/mol. The second-order valence-corrected chi connectivity index (χ2v) is 12.3. The van der Waals surface area contributed by atoms with E-state index in [9.17, 15) is 0 Å². The third-order valence-corrected chi connectivity index (χ3v) is 0. The van der Waals surface area contributed by atoms with E-state index in [1.807, 2.05) is 0 Å². The number of hydrogen-bond donors (Lipinski definition) is 2. The van der Waals surface area contributed by atoms with Gasteiger partial charge < -0.3 is 0 Å². The topological polar surface area (TPSA) is 0 Å². The second-order valence-electron chi connectivity index (χ2n) is 0.231. The van der Waals surface area contributed by atoms with Crippen LogP contribution in [-0.2, 0) is 12.9 Å². The zero-order valence-electron chi connectivity index (χ0n) is 1.71. The molecule has 0 fully saturated rings. The number of thiol groups is 2. The van der Waals surface area contributed by atoms with Crippen molar-refractivity contribution in [3.8, 4) is 0 Å². The first-order valence-electron chi connectivity index (χ1n) is 0.532. The van der Waals surface area contributed by atoms with Gasteiger partial charge in [-0.1, -0.05) is 0 Å². The van der Waals surface area contributed by atoms with Crippen LogP contribution >= 0.6 is 30.5 Å². The molecule has 0 aromatic carbocycles. The van der Waals surface area contributed by atoms with Crippen LogP contribution in [-0.4, -0.2) is 0 Å². The summed E-state index contributed by atoms with van der Waals surface area (Å²) in [6.45, 7) is 0. The van der Waals surface area contributed by atoms with Gasteiger partial charge in [-0.05, 0) is 0 Å². The normalized spacial score (nSPS) is 8.75. The van der Waals surface area contributed by atoms with Crippen LogP contribution in [0.15, 0.2) is 0 Å². The van der Waals surface area contributed by atoms with Gasteiger partial charge in [-0.2, -0.15) is 0 Å². The van der Waals surface area contributed by atoms with Crippen LogP contribution < -0.4 is 0 Å². The van der Waals surface area contributed by atoms with Crippen molar-refractivity contribution in [1.29, 1.82) is 0 Å². The Bertz CT molecular complexity index is 26.3. The van der Waals surface area contributed by atoms with Crippen LogP contribution in [0.4, 0.5) is 0 Å². The van der Waals surface area contributed by atoms with Crippen molar-refractivity contribution in [2.45, 2.75) is 0 Å². The molecule has 0 saturated carbocycles. The van der Waals surface area contributed by atoms with Crippen molar-refractivity contribution in [2.24, 2.45) is 0 Å². The molecule has 0 amide bonds. The molecule has 0 atom stereocenters. The van der Waals surface area contributed by atoms with Crippen molar-refractivity contribution in [3.63, 3.8) is 0 Å². The molecule has 4 heavy (non-hydrogen) atoms. The molecule has 0 radical (unpaired) electrons. The Hall–Kier alpha value is 1.61. The first kappa shape index (κ1) is 5.61. The van der Waals surface area contributed by atoms with E-state index in [2.05, 4.69) is 30.5 Å². The van der Waals surface area contributed by atoms with E-state index >= 15 is 0 Å². The molecule has 0 unspecified atom stereocenters. The summed E-state index contributed by atoms with van der Waals surface area (Å²) in [5, 5.41) is 0. The fourth-order valence-corrected chi connectivity index (χ4v) is 0. The first-order valence-corrected chi connectivity index (χ1v) is 9.44. The zero-order valence-corrected chi connectivity index (χ0v) is 6.32. The van der Waals surface area contributed by atoms with Gasteiger partial charge in [0.1, 0.15) is 0 Å². The summed E-state index contributed by atoms with van der Waals surface area (Å²) in [5.41, 5.74) is 0. The molecule has 0 spiro atoms. The molecule has 0 aliphatic heterocycles. The SMILES string of the molecule is [S]=[Mo]([SH])[SH]. The Labute approximate surface area is 43.2 Å².